The van der Waals surface area contributed by atoms with Crippen molar-refractivity contribution in [3.05, 3.63) is 40.9 Å². The minimum Gasteiger partial charge on any atom is -0.362 e. The number of hydrogen-bond donors (Lipinski definition) is 2. The number of piperidine rings is 1. The third-order valence-electron chi connectivity index (χ3n) is 6.09. The third kappa shape index (κ3) is 4.58. The highest BCUT2D eigenvalue weighted by Crippen LogP contribution is 2.35. The summed E-state index contributed by atoms with van der Waals surface area (Å²) in [6, 6.07) is 7.85. The normalized spacial score (nSPS) is 22.4. The predicted molar refractivity (Wildman–Crippen MR) is 114 cm³/mol. The molecule has 1 saturated heterocycles. The van der Waals surface area contributed by atoms with Gasteiger partial charge in [0.1, 0.15) is 5.60 Å². The van der Waals surface area contributed by atoms with E-state index in [1.165, 1.54) is 32.1 Å². The van der Waals surface area contributed by atoms with Gasteiger partial charge in [-0.2, -0.15) is 0 Å². The van der Waals surface area contributed by atoms with Crippen molar-refractivity contribution < 1.29 is 4.84 Å². The van der Waals surface area contributed by atoms with Crippen molar-refractivity contribution in [2.45, 2.75) is 50.5 Å². The highest BCUT2D eigenvalue weighted by atomic mass is 35.5. The third-order valence-corrected chi connectivity index (χ3v) is 6.75. The monoisotopic (exact) mass is 405 g/mol. The second-order valence-electron chi connectivity index (χ2n) is 8.01. The Balaban J connectivity index is 1.29. The maximum atomic E-state index is 6.00. The minimum atomic E-state index is -0.232. The van der Waals surface area contributed by atoms with Crippen molar-refractivity contribution in [1.82, 2.24) is 15.7 Å². The van der Waals surface area contributed by atoms with E-state index in [-0.39, 0.29) is 5.60 Å². The number of nitrogens with one attached hydrogen (secondary N) is 2. The van der Waals surface area contributed by atoms with E-state index in [1.54, 1.807) is 0 Å². The maximum Gasteiger partial charge on any atom is 0.168 e. The summed E-state index contributed by atoms with van der Waals surface area (Å²) >= 11 is 11.6. The van der Waals surface area contributed by atoms with Gasteiger partial charge in [-0.25, -0.2) is 0 Å². The second kappa shape index (κ2) is 8.38. The van der Waals surface area contributed by atoms with Crippen LogP contribution in [0.5, 0.6) is 0 Å². The molecule has 2 fully saturated rings. The molecule has 2 N–H and O–H groups in total. The molecule has 0 unspecified atom stereocenters. The Morgan fingerprint density at radius 2 is 1.89 bits per heavy atom. The molecule has 1 spiro atoms. The van der Waals surface area contributed by atoms with E-state index < -0.39 is 0 Å². The van der Waals surface area contributed by atoms with Gasteiger partial charge in [-0.05, 0) is 54.7 Å². The van der Waals surface area contributed by atoms with Crippen LogP contribution in [0, 0.1) is 5.92 Å². The number of likely N-dealkylation sites (tertiary alicyclic amines) is 1. The summed E-state index contributed by atoms with van der Waals surface area (Å²) in [4.78, 5) is 8.29. The minimum absolute atomic E-state index is 0.232. The zero-order valence-corrected chi connectivity index (χ0v) is 17.2. The highest BCUT2D eigenvalue weighted by molar-refractivity contribution is 7.80. The van der Waals surface area contributed by atoms with E-state index in [9.17, 15) is 0 Å². The summed E-state index contributed by atoms with van der Waals surface area (Å²) in [5.74, 6) is 0.792. The van der Waals surface area contributed by atoms with Crippen LogP contribution in [-0.2, 0) is 4.84 Å². The molecule has 0 bridgehead atoms. The smallest absolute Gasteiger partial charge is 0.168 e. The number of hydroxylamine groups is 1. The van der Waals surface area contributed by atoms with Crippen LogP contribution in [0.3, 0.4) is 0 Å². The summed E-state index contributed by atoms with van der Waals surface area (Å²) in [5.41, 5.74) is 5.01. The number of benzene rings is 1. The molecule has 1 saturated carbocycles. The second-order valence-corrected chi connectivity index (χ2v) is 8.83. The van der Waals surface area contributed by atoms with Crippen molar-refractivity contribution >= 4 is 34.6 Å². The van der Waals surface area contributed by atoms with Crippen LogP contribution in [0.4, 0.5) is 0 Å². The number of thiocarbonyl (C=S) groups is 1. The van der Waals surface area contributed by atoms with Gasteiger partial charge in [0, 0.05) is 37.5 Å². The molecule has 6 heteroatoms. The van der Waals surface area contributed by atoms with Crippen LogP contribution in [0.25, 0.3) is 5.70 Å². The fourth-order valence-electron chi connectivity index (χ4n) is 4.32. The molecular weight excluding hydrogens is 378 g/mol. The molecule has 0 amide bonds. The molecule has 1 aromatic rings. The lowest BCUT2D eigenvalue weighted by atomic mass is 9.89. The molecule has 1 aliphatic carbocycles. The van der Waals surface area contributed by atoms with E-state index >= 15 is 0 Å². The lowest BCUT2D eigenvalue weighted by Crippen LogP contribution is -2.50. The van der Waals surface area contributed by atoms with E-state index in [2.05, 4.69) is 21.8 Å². The molecule has 0 radical (unpaired) electrons. The number of hydrogen-bond acceptors (Lipinski definition) is 3. The Bertz CT molecular complexity index is 692. The average molecular weight is 406 g/mol. The van der Waals surface area contributed by atoms with Gasteiger partial charge in [-0.3, -0.25) is 10.3 Å². The Kier molecular flexibility index (Phi) is 5.90. The van der Waals surface area contributed by atoms with E-state index in [0.717, 1.165) is 59.8 Å². The summed E-state index contributed by atoms with van der Waals surface area (Å²) < 4.78 is 0. The first-order chi connectivity index (χ1) is 13.1. The summed E-state index contributed by atoms with van der Waals surface area (Å²) in [6.07, 6.45) is 10.9. The lowest BCUT2D eigenvalue weighted by molar-refractivity contribution is -0.0618. The number of rotatable bonds is 3. The molecule has 1 aromatic carbocycles. The van der Waals surface area contributed by atoms with Crippen molar-refractivity contribution in [3.8, 4) is 0 Å². The first-order valence-electron chi connectivity index (χ1n) is 10.1. The van der Waals surface area contributed by atoms with Crippen LogP contribution < -0.4 is 10.8 Å². The Morgan fingerprint density at radius 1 is 1.19 bits per heavy atom. The average Bonchev–Trinajstić information content (AvgIpc) is 3.11. The summed E-state index contributed by atoms with van der Waals surface area (Å²) in [5, 5.41) is 5.17. The molecule has 2 aliphatic heterocycles. The lowest BCUT2D eigenvalue weighted by Gasteiger charge is -2.38. The van der Waals surface area contributed by atoms with Gasteiger partial charge < -0.3 is 10.2 Å². The van der Waals surface area contributed by atoms with Crippen molar-refractivity contribution in [2.24, 2.45) is 5.92 Å². The highest BCUT2D eigenvalue weighted by Gasteiger charge is 2.39. The summed E-state index contributed by atoms with van der Waals surface area (Å²) in [7, 11) is 0. The Labute approximate surface area is 172 Å². The van der Waals surface area contributed by atoms with E-state index in [0.29, 0.717) is 0 Å². The standard InChI is InChI=1S/C21H28ClN3OS/c22-18-8-6-17(7-9-18)19-14-21(26-24-19)10-12-25(13-11-21)20(27)23-15-16-4-2-1-3-5-16/h6-9,14,16,24H,1-5,10-13,15H2,(H,23,27). The molecular formula is C21H28ClN3OS. The van der Waals surface area contributed by atoms with Gasteiger partial charge in [0.25, 0.3) is 0 Å². The molecule has 3 aliphatic rings. The van der Waals surface area contributed by atoms with E-state index in [1.807, 2.05) is 24.3 Å². The van der Waals surface area contributed by atoms with Gasteiger partial charge in [0.2, 0.25) is 0 Å². The molecule has 146 valence electrons. The van der Waals surface area contributed by atoms with Gasteiger partial charge >= 0.3 is 0 Å². The molecule has 4 rings (SSSR count). The SMILES string of the molecule is S=C(NCC1CCCCC1)N1CCC2(C=C(c3ccc(Cl)cc3)NO2)CC1. The van der Waals surface area contributed by atoms with Gasteiger partial charge in [0.15, 0.2) is 5.11 Å². The first kappa shape index (κ1) is 19.0. The van der Waals surface area contributed by atoms with Crippen molar-refractivity contribution in [3.63, 3.8) is 0 Å². The van der Waals surface area contributed by atoms with Crippen LogP contribution in [-0.4, -0.2) is 35.2 Å². The number of nitrogens with zero attached hydrogens (tertiary/aromatic N) is 1. The Hall–Kier alpha value is -1.30. The van der Waals surface area contributed by atoms with Crippen molar-refractivity contribution in [1.29, 1.82) is 0 Å². The maximum absolute atomic E-state index is 6.00. The van der Waals surface area contributed by atoms with Crippen LogP contribution in [0.2, 0.25) is 5.02 Å². The molecule has 4 nitrogen and oxygen atoms in total. The zero-order chi connectivity index (χ0) is 18.7. The molecule has 2 heterocycles. The zero-order valence-electron chi connectivity index (χ0n) is 15.7. The summed E-state index contributed by atoms with van der Waals surface area (Å²) in [6.45, 7) is 2.87. The van der Waals surface area contributed by atoms with Crippen LogP contribution in [0.15, 0.2) is 30.3 Å². The van der Waals surface area contributed by atoms with Crippen molar-refractivity contribution in [2.75, 3.05) is 19.6 Å². The predicted octanol–water partition coefficient (Wildman–Crippen LogP) is 4.51. The van der Waals surface area contributed by atoms with Crippen LogP contribution in [0.1, 0.15) is 50.5 Å². The van der Waals surface area contributed by atoms with Gasteiger partial charge in [-0.1, -0.05) is 43.0 Å². The van der Waals surface area contributed by atoms with Crippen LogP contribution >= 0.6 is 23.8 Å². The molecule has 27 heavy (non-hydrogen) atoms. The molecule has 0 aromatic heterocycles. The van der Waals surface area contributed by atoms with E-state index in [4.69, 9.17) is 28.7 Å². The largest absolute Gasteiger partial charge is 0.362 e. The first-order valence-corrected chi connectivity index (χ1v) is 10.9. The van der Waals surface area contributed by atoms with Gasteiger partial charge in [-0.15, -0.1) is 0 Å². The topological polar surface area (TPSA) is 36.5 Å². The fraction of sp³-hybridized carbons (Fsp3) is 0.571. The van der Waals surface area contributed by atoms with Gasteiger partial charge in [0.05, 0.1) is 5.70 Å². The quantitative estimate of drug-likeness (QED) is 0.724. The fourth-order valence-corrected chi connectivity index (χ4v) is 4.71. The Morgan fingerprint density at radius 3 is 2.59 bits per heavy atom. The number of halogens is 1. The molecule has 0 atom stereocenters.